The van der Waals surface area contributed by atoms with E-state index in [0.717, 1.165) is 27.8 Å². The number of benzene rings is 1. The van der Waals surface area contributed by atoms with E-state index in [1.165, 1.54) is 13.0 Å². The lowest BCUT2D eigenvalue weighted by Gasteiger charge is -2.13. The van der Waals surface area contributed by atoms with Crippen molar-refractivity contribution in [3.8, 4) is 0 Å². The van der Waals surface area contributed by atoms with E-state index in [1.54, 1.807) is 12.1 Å². The molecule has 0 radical (unpaired) electrons. The molecule has 6 nitrogen and oxygen atoms in total. The second-order valence-corrected chi connectivity index (χ2v) is 7.96. The Kier molecular flexibility index (Phi) is 5.65. The second-order valence-electron chi connectivity index (χ2n) is 6.87. The smallest absolute Gasteiger partial charge is 0.348 e. The molecule has 2 aromatic heterocycles. The van der Waals surface area contributed by atoms with Crippen molar-refractivity contribution < 1.29 is 18.7 Å². The predicted molar refractivity (Wildman–Crippen MR) is 109 cm³/mol. The summed E-state index contributed by atoms with van der Waals surface area (Å²) in [6.07, 6.45) is 0. The van der Waals surface area contributed by atoms with E-state index in [1.807, 2.05) is 19.1 Å². The summed E-state index contributed by atoms with van der Waals surface area (Å²) in [7, 11) is 0. The van der Waals surface area contributed by atoms with Crippen LogP contribution in [-0.4, -0.2) is 11.9 Å². The normalized spacial score (nSPS) is 11.0. The highest BCUT2D eigenvalue weighted by atomic mass is 32.1. The van der Waals surface area contributed by atoms with E-state index in [-0.39, 0.29) is 12.5 Å². The van der Waals surface area contributed by atoms with Crippen LogP contribution in [0.4, 0.5) is 5.00 Å². The Bertz CT molecular complexity index is 1110. The summed E-state index contributed by atoms with van der Waals surface area (Å²) in [5.41, 5.74) is 2.78. The van der Waals surface area contributed by atoms with Crippen LogP contribution in [0, 0.1) is 6.92 Å². The zero-order valence-electron chi connectivity index (χ0n) is 16.1. The van der Waals surface area contributed by atoms with Crippen molar-refractivity contribution in [2.45, 2.75) is 40.2 Å². The van der Waals surface area contributed by atoms with Gasteiger partial charge in [-0.3, -0.25) is 4.79 Å². The number of hydrogen-bond acceptors (Lipinski definition) is 6. The van der Waals surface area contributed by atoms with Crippen LogP contribution in [0.1, 0.15) is 53.1 Å². The highest BCUT2D eigenvalue weighted by Crippen LogP contribution is 2.28. The van der Waals surface area contributed by atoms with Gasteiger partial charge in [0.1, 0.15) is 17.1 Å². The molecule has 2 heterocycles. The summed E-state index contributed by atoms with van der Waals surface area (Å²) in [6.45, 7) is 7.52. The van der Waals surface area contributed by atoms with E-state index >= 15 is 0 Å². The third-order valence-electron chi connectivity index (χ3n) is 4.30. The van der Waals surface area contributed by atoms with Gasteiger partial charge in [-0.2, -0.15) is 0 Å². The first kappa shape index (κ1) is 19.8. The Morgan fingerprint density at radius 2 is 1.96 bits per heavy atom. The van der Waals surface area contributed by atoms with Crippen molar-refractivity contribution in [3.63, 3.8) is 0 Å². The number of aryl methyl sites for hydroxylation is 1. The molecule has 0 spiro atoms. The molecule has 0 fully saturated rings. The van der Waals surface area contributed by atoms with Gasteiger partial charge in [0.25, 0.3) is 0 Å². The lowest BCUT2D eigenvalue weighted by molar-refractivity contribution is -0.114. The van der Waals surface area contributed by atoms with Crippen molar-refractivity contribution in [2.24, 2.45) is 0 Å². The van der Waals surface area contributed by atoms with Crippen LogP contribution in [0.2, 0.25) is 0 Å². The number of thiophene rings is 1. The predicted octanol–water partition coefficient (Wildman–Crippen LogP) is 4.60. The number of carbonyl (C=O) groups is 2. The summed E-state index contributed by atoms with van der Waals surface area (Å²) in [5, 5.41) is 3.95. The molecule has 0 aliphatic carbocycles. The standard InChI is InChI=1S/C21H21NO5S/c1-11(2)15-9-16-14(8-20(24)27-17(16)7-12(15)3)10-26-21(25)18-5-6-19(28-18)22-13(4)23/h5-9,11H,10H2,1-4H3,(H,22,23). The average Bonchev–Trinajstić information content (AvgIpc) is 3.06. The van der Waals surface area contributed by atoms with E-state index in [2.05, 4.69) is 19.2 Å². The molecule has 0 aliphatic heterocycles. The van der Waals surface area contributed by atoms with Gasteiger partial charge < -0.3 is 14.5 Å². The third kappa shape index (κ3) is 4.31. The van der Waals surface area contributed by atoms with Crippen molar-refractivity contribution >= 4 is 39.2 Å². The Hall–Kier alpha value is -2.93. The molecule has 3 aromatic rings. The fraction of sp³-hybridized carbons (Fsp3) is 0.286. The summed E-state index contributed by atoms with van der Waals surface area (Å²) >= 11 is 1.13. The van der Waals surface area contributed by atoms with Crippen LogP contribution >= 0.6 is 11.3 Å². The minimum Gasteiger partial charge on any atom is -0.457 e. The fourth-order valence-electron chi connectivity index (χ4n) is 3.04. The van der Waals surface area contributed by atoms with Gasteiger partial charge in [-0.15, -0.1) is 11.3 Å². The first-order chi connectivity index (χ1) is 13.2. The maximum absolute atomic E-state index is 12.3. The summed E-state index contributed by atoms with van der Waals surface area (Å²) in [6, 6.07) is 8.42. The number of rotatable bonds is 5. The Morgan fingerprint density at radius 1 is 1.21 bits per heavy atom. The Labute approximate surface area is 166 Å². The number of amides is 1. The highest BCUT2D eigenvalue weighted by Gasteiger charge is 2.15. The number of ether oxygens (including phenoxy) is 1. The first-order valence-corrected chi connectivity index (χ1v) is 9.68. The topological polar surface area (TPSA) is 85.6 Å². The number of hydrogen-bond donors (Lipinski definition) is 1. The maximum Gasteiger partial charge on any atom is 0.348 e. The zero-order chi connectivity index (χ0) is 20.4. The number of carbonyl (C=O) groups excluding carboxylic acids is 2. The molecule has 0 saturated carbocycles. The molecular weight excluding hydrogens is 378 g/mol. The SMILES string of the molecule is CC(=O)Nc1ccc(C(=O)OCc2cc(=O)oc3cc(C)c(C(C)C)cc23)s1. The largest absolute Gasteiger partial charge is 0.457 e. The number of anilines is 1. The van der Waals surface area contributed by atoms with E-state index in [4.69, 9.17) is 9.15 Å². The fourth-order valence-corrected chi connectivity index (χ4v) is 3.88. The summed E-state index contributed by atoms with van der Waals surface area (Å²) < 4.78 is 10.7. The van der Waals surface area contributed by atoms with E-state index in [9.17, 15) is 14.4 Å². The van der Waals surface area contributed by atoms with Crippen LogP contribution in [0.3, 0.4) is 0 Å². The molecule has 0 unspecified atom stereocenters. The lowest BCUT2D eigenvalue weighted by Crippen LogP contribution is -2.07. The van der Waals surface area contributed by atoms with Gasteiger partial charge in [-0.05, 0) is 48.2 Å². The summed E-state index contributed by atoms with van der Waals surface area (Å²) in [5.74, 6) is -0.412. The third-order valence-corrected chi connectivity index (χ3v) is 5.28. The van der Waals surface area contributed by atoms with Gasteiger partial charge in [0.15, 0.2) is 0 Å². The molecule has 0 aliphatic rings. The molecule has 7 heteroatoms. The molecule has 0 bridgehead atoms. The van der Waals surface area contributed by atoms with E-state index in [0.29, 0.717) is 26.9 Å². The van der Waals surface area contributed by atoms with Gasteiger partial charge in [0.2, 0.25) is 5.91 Å². The van der Waals surface area contributed by atoms with Crippen LogP contribution in [0.5, 0.6) is 0 Å². The molecule has 1 N–H and O–H groups in total. The summed E-state index contributed by atoms with van der Waals surface area (Å²) in [4.78, 5) is 35.7. The average molecular weight is 399 g/mol. The number of esters is 1. The molecular formula is C21H21NO5S. The van der Waals surface area contributed by atoms with Crippen LogP contribution in [0.15, 0.2) is 39.5 Å². The van der Waals surface area contributed by atoms with Crippen molar-refractivity contribution in [1.29, 1.82) is 0 Å². The van der Waals surface area contributed by atoms with Gasteiger partial charge in [0, 0.05) is 23.9 Å². The van der Waals surface area contributed by atoms with Crippen LogP contribution in [-0.2, 0) is 16.1 Å². The monoisotopic (exact) mass is 399 g/mol. The Balaban J connectivity index is 1.86. The number of fused-ring (bicyclic) bond motifs is 1. The molecule has 28 heavy (non-hydrogen) atoms. The molecule has 0 saturated heterocycles. The Morgan fingerprint density at radius 3 is 2.64 bits per heavy atom. The lowest BCUT2D eigenvalue weighted by atomic mass is 9.95. The van der Waals surface area contributed by atoms with Gasteiger partial charge in [-0.1, -0.05) is 13.8 Å². The van der Waals surface area contributed by atoms with Gasteiger partial charge in [0.05, 0.1) is 5.00 Å². The molecule has 0 atom stereocenters. The van der Waals surface area contributed by atoms with Gasteiger partial charge in [-0.25, -0.2) is 9.59 Å². The molecule has 1 aromatic carbocycles. The van der Waals surface area contributed by atoms with Crippen molar-refractivity contribution in [1.82, 2.24) is 0 Å². The van der Waals surface area contributed by atoms with Crippen molar-refractivity contribution in [3.05, 3.63) is 62.3 Å². The van der Waals surface area contributed by atoms with Crippen LogP contribution in [0.25, 0.3) is 11.0 Å². The molecule has 146 valence electrons. The molecule has 1 amide bonds. The number of nitrogens with one attached hydrogen (secondary N) is 1. The van der Waals surface area contributed by atoms with E-state index < -0.39 is 11.6 Å². The highest BCUT2D eigenvalue weighted by molar-refractivity contribution is 7.18. The second kappa shape index (κ2) is 7.98. The minimum absolute atomic E-state index is 0.0467. The quantitative estimate of drug-likeness (QED) is 0.500. The van der Waals surface area contributed by atoms with Crippen LogP contribution < -0.4 is 10.9 Å². The molecule has 3 rings (SSSR count). The van der Waals surface area contributed by atoms with Crippen molar-refractivity contribution in [2.75, 3.05) is 5.32 Å². The van der Waals surface area contributed by atoms with Gasteiger partial charge >= 0.3 is 11.6 Å². The minimum atomic E-state index is -0.515. The maximum atomic E-state index is 12.3. The zero-order valence-corrected chi connectivity index (χ0v) is 16.9. The first-order valence-electron chi connectivity index (χ1n) is 8.86.